The van der Waals surface area contributed by atoms with Crippen molar-refractivity contribution in [2.24, 2.45) is 0 Å². The second-order valence-electron chi connectivity index (χ2n) is 4.52. The molecule has 2 N–H and O–H groups in total. The number of amides is 1. The molecule has 1 aliphatic rings. The quantitative estimate of drug-likeness (QED) is 0.858. The summed E-state index contributed by atoms with van der Waals surface area (Å²) in [5.74, 6) is 0.462. The van der Waals surface area contributed by atoms with E-state index in [9.17, 15) is 9.90 Å². The number of carbonyl (C=O) groups excluding carboxylic acids is 1. The van der Waals surface area contributed by atoms with Crippen molar-refractivity contribution in [3.63, 3.8) is 0 Å². The second-order valence-corrected chi connectivity index (χ2v) is 4.52. The van der Waals surface area contributed by atoms with Gasteiger partial charge in [-0.2, -0.15) is 0 Å². The predicted molar refractivity (Wildman–Crippen MR) is 68.8 cm³/mol. The van der Waals surface area contributed by atoms with Gasteiger partial charge in [-0.15, -0.1) is 0 Å². The second kappa shape index (κ2) is 5.87. The molecule has 1 aromatic carbocycles. The molecular formula is C14H19NO3. The smallest absolute Gasteiger partial charge is 0.255 e. The Hall–Kier alpha value is -1.55. The Labute approximate surface area is 107 Å². The highest BCUT2D eigenvalue weighted by Crippen LogP contribution is 2.26. The van der Waals surface area contributed by atoms with Gasteiger partial charge in [0.15, 0.2) is 0 Å². The van der Waals surface area contributed by atoms with Gasteiger partial charge in [-0.05, 0) is 24.1 Å². The van der Waals surface area contributed by atoms with Crippen LogP contribution in [-0.4, -0.2) is 24.2 Å². The standard InChI is InChI=1S/C14H19NO3/c1-2-3-4-12(16)10-5-6-13-11(9-10)14(17)15-7-8-18-13/h5-6,9,12,16H,2-4,7-8H2,1H3,(H,15,17). The maximum Gasteiger partial charge on any atom is 0.255 e. The summed E-state index contributed by atoms with van der Waals surface area (Å²) in [4.78, 5) is 11.8. The highest BCUT2D eigenvalue weighted by atomic mass is 16.5. The average molecular weight is 249 g/mol. The SMILES string of the molecule is CCCCC(O)c1ccc2c(c1)C(=O)NCCO2. The number of hydrogen-bond acceptors (Lipinski definition) is 3. The summed E-state index contributed by atoms with van der Waals surface area (Å²) in [6, 6.07) is 5.33. The van der Waals surface area contributed by atoms with Crippen LogP contribution in [0.1, 0.15) is 48.2 Å². The number of hydrogen-bond donors (Lipinski definition) is 2. The number of benzene rings is 1. The molecule has 0 spiro atoms. The lowest BCUT2D eigenvalue weighted by Gasteiger charge is -2.13. The average Bonchev–Trinajstić information content (AvgIpc) is 2.58. The molecule has 0 bridgehead atoms. The number of rotatable bonds is 4. The van der Waals surface area contributed by atoms with Crippen molar-refractivity contribution < 1.29 is 14.6 Å². The van der Waals surface area contributed by atoms with E-state index in [0.29, 0.717) is 24.5 Å². The van der Waals surface area contributed by atoms with Gasteiger partial charge in [-0.1, -0.05) is 25.8 Å². The lowest BCUT2D eigenvalue weighted by atomic mass is 10.0. The summed E-state index contributed by atoms with van der Waals surface area (Å²) in [5.41, 5.74) is 1.29. The largest absolute Gasteiger partial charge is 0.491 e. The van der Waals surface area contributed by atoms with Crippen LogP contribution in [0.15, 0.2) is 18.2 Å². The van der Waals surface area contributed by atoms with Gasteiger partial charge in [0.05, 0.1) is 18.2 Å². The number of aliphatic hydroxyl groups excluding tert-OH is 1. The lowest BCUT2D eigenvalue weighted by molar-refractivity contribution is 0.0956. The van der Waals surface area contributed by atoms with E-state index in [1.807, 2.05) is 6.07 Å². The molecule has 0 radical (unpaired) electrons. The Kier molecular flexibility index (Phi) is 4.20. The minimum Gasteiger partial charge on any atom is -0.491 e. The van der Waals surface area contributed by atoms with Crippen LogP contribution < -0.4 is 10.1 Å². The highest BCUT2D eigenvalue weighted by molar-refractivity contribution is 5.97. The maximum atomic E-state index is 11.8. The number of carbonyl (C=O) groups is 1. The molecule has 0 saturated carbocycles. The van der Waals surface area contributed by atoms with Gasteiger partial charge < -0.3 is 15.2 Å². The van der Waals surface area contributed by atoms with Crippen molar-refractivity contribution in [1.29, 1.82) is 0 Å². The third kappa shape index (κ3) is 2.82. The van der Waals surface area contributed by atoms with Crippen LogP contribution in [0.4, 0.5) is 0 Å². The summed E-state index contributed by atoms with van der Waals surface area (Å²) in [6.07, 6.45) is 2.23. The van der Waals surface area contributed by atoms with Crippen LogP contribution in [0, 0.1) is 0 Å². The van der Waals surface area contributed by atoms with E-state index < -0.39 is 6.10 Å². The van der Waals surface area contributed by atoms with Crippen LogP contribution in [0.2, 0.25) is 0 Å². The van der Waals surface area contributed by atoms with Gasteiger partial charge in [0.2, 0.25) is 0 Å². The molecular weight excluding hydrogens is 230 g/mol. The normalized spacial score (nSPS) is 16.2. The summed E-state index contributed by atoms with van der Waals surface area (Å²) in [6.45, 7) is 3.09. The monoisotopic (exact) mass is 249 g/mol. The molecule has 0 fully saturated rings. The first-order valence-electron chi connectivity index (χ1n) is 6.45. The van der Waals surface area contributed by atoms with E-state index in [1.165, 1.54) is 0 Å². The maximum absolute atomic E-state index is 11.8. The van der Waals surface area contributed by atoms with Crippen molar-refractivity contribution in [3.8, 4) is 5.75 Å². The van der Waals surface area contributed by atoms with Crippen LogP contribution in [0.5, 0.6) is 5.75 Å². The minimum atomic E-state index is -0.508. The Morgan fingerprint density at radius 1 is 1.50 bits per heavy atom. The van der Waals surface area contributed by atoms with Crippen molar-refractivity contribution in [3.05, 3.63) is 29.3 Å². The molecule has 1 heterocycles. The van der Waals surface area contributed by atoms with E-state index in [4.69, 9.17) is 4.74 Å². The molecule has 1 atom stereocenters. The number of unbranched alkanes of at least 4 members (excludes halogenated alkanes) is 1. The van der Waals surface area contributed by atoms with Crippen LogP contribution >= 0.6 is 0 Å². The molecule has 1 aromatic rings. The highest BCUT2D eigenvalue weighted by Gasteiger charge is 2.18. The fraction of sp³-hybridized carbons (Fsp3) is 0.500. The van der Waals surface area contributed by atoms with Gasteiger partial charge in [0, 0.05) is 0 Å². The first-order chi connectivity index (χ1) is 8.72. The minimum absolute atomic E-state index is 0.132. The Balaban J connectivity index is 2.22. The molecule has 98 valence electrons. The first kappa shape index (κ1) is 12.9. The molecule has 4 nitrogen and oxygen atoms in total. The topological polar surface area (TPSA) is 58.6 Å². The third-order valence-electron chi connectivity index (χ3n) is 3.11. The first-order valence-corrected chi connectivity index (χ1v) is 6.45. The number of nitrogens with one attached hydrogen (secondary N) is 1. The molecule has 1 aliphatic heterocycles. The molecule has 1 amide bonds. The van der Waals surface area contributed by atoms with Gasteiger partial charge in [-0.25, -0.2) is 0 Å². The molecule has 0 aliphatic carbocycles. The van der Waals surface area contributed by atoms with Gasteiger partial charge in [-0.3, -0.25) is 4.79 Å². The van der Waals surface area contributed by atoms with Crippen molar-refractivity contribution in [2.45, 2.75) is 32.3 Å². The molecule has 0 saturated heterocycles. The summed E-state index contributed by atoms with van der Waals surface area (Å²) in [5, 5.41) is 12.8. The zero-order valence-corrected chi connectivity index (χ0v) is 10.6. The molecule has 0 aromatic heterocycles. The van der Waals surface area contributed by atoms with E-state index in [1.54, 1.807) is 12.1 Å². The zero-order valence-electron chi connectivity index (χ0n) is 10.6. The van der Waals surface area contributed by atoms with Gasteiger partial charge in [0.1, 0.15) is 12.4 Å². The zero-order chi connectivity index (χ0) is 13.0. The Bertz CT molecular complexity index is 431. The predicted octanol–water partition coefficient (Wildman–Crippen LogP) is 2.03. The molecule has 4 heteroatoms. The molecule has 2 rings (SSSR count). The van der Waals surface area contributed by atoms with Crippen molar-refractivity contribution in [2.75, 3.05) is 13.2 Å². The van der Waals surface area contributed by atoms with Crippen molar-refractivity contribution >= 4 is 5.91 Å². The summed E-state index contributed by atoms with van der Waals surface area (Å²) in [7, 11) is 0. The van der Waals surface area contributed by atoms with Crippen LogP contribution in [-0.2, 0) is 0 Å². The van der Waals surface area contributed by atoms with Crippen LogP contribution in [0.25, 0.3) is 0 Å². The Morgan fingerprint density at radius 2 is 2.33 bits per heavy atom. The summed E-state index contributed by atoms with van der Waals surface area (Å²) < 4.78 is 5.47. The van der Waals surface area contributed by atoms with Crippen LogP contribution in [0.3, 0.4) is 0 Å². The lowest BCUT2D eigenvalue weighted by Crippen LogP contribution is -2.24. The number of aliphatic hydroxyl groups is 1. The number of ether oxygens (including phenoxy) is 1. The number of fused-ring (bicyclic) bond motifs is 1. The molecule has 1 unspecified atom stereocenters. The van der Waals surface area contributed by atoms with Crippen molar-refractivity contribution in [1.82, 2.24) is 5.32 Å². The fourth-order valence-electron chi connectivity index (χ4n) is 2.04. The van der Waals surface area contributed by atoms with E-state index in [2.05, 4.69) is 12.2 Å². The van der Waals surface area contributed by atoms with E-state index in [-0.39, 0.29) is 5.91 Å². The molecule has 18 heavy (non-hydrogen) atoms. The summed E-state index contributed by atoms with van der Waals surface area (Å²) >= 11 is 0. The van der Waals surface area contributed by atoms with E-state index >= 15 is 0 Å². The van der Waals surface area contributed by atoms with Gasteiger partial charge >= 0.3 is 0 Å². The van der Waals surface area contributed by atoms with Gasteiger partial charge in [0.25, 0.3) is 5.91 Å². The Morgan fingerprint density at radius 3 is 3.11 bits per heavy atom. The van der Waals surface area contributed by atoms with E-state index in [0.717, 1.165) is 24.8 Å². The third-order valence-corrected chi connectivity index (χ3v) is 3.11. The fourth-order valence-corrected chi connectivity index (χ4v) is 2.04.